The Hall–Kier alpha value is -0.680. The fourth-order valence-corrected chi connectivity index (χ4v) is 1.65. The molecule has 1 aromatic heterocycles. The van der Waals surface area contributed by atoms with Crippen molar-refractivity contribution >= 4 is 15.9 Å². The van der Waals surface area contributed by atoms with Gasteiger partial charge in [0.1, 0.15) is 10.3 Å². The predicted octanol–water partition coefficient (Wildman–Crippen LogP) is 1.74. The first-order valence-electron chi connectivity index (χ1n) is 4.87. The number of aromatic nitrogens is 2. The molecule has 0 saturated carbocycles. The van der Waals surface area contributed by atoms with Gasteiger partial charge in [-0.1, -0.05) is 0 Å². The standard InChI is InChI=1S/C10H15BrN2O2/c1-8-12-7-9(11)10(14)13(8)5-3-4-6-15-2/h7H,3-6H2,1-2H3. The molecule has 0 atom stereocenters. The summed E-state index contributed by atoms with van der Waals surface area (Å²) in [5.41, 5.74) is -0.0140. The molecule has 5 heteroatoms. The zero-order chi connectivity index (χ0) is 11.3. The van der Waals surface area contributed by atoms with Crippen molar-refractivity contribution in [1.82, 2.24) is 9.55 Å². The van der Waals surface area contributed by atoms with Crippen molar-refractivity contribution < 1.29 is 4.74 Å². The van der Waals surface area contributed by atoms with E-state index >= 15 is 0 Å². The molecule has 0 aliphatic carbocycles. The van der Waals surface area contributed by atoms with E-state index in [9.17, 15) is 4.79 Å². The molecule has 15 heavy (non-hydrogen) atoms. The lowest BCUT2D eigenvalue weighted by Crippen LogP contribution is -2.24. The number of nitrogens with zero attached hydrogens (tertiary/aromatic N) is 2. The van der Waals surface area contributed by atoms with Gasteiger partial charge in [-0.3, -0.25) is 9.36 Å². The van der Waals surface area contributed by atoms with Gasteiger partial charge in [0.05, 0.1) is 0 Å². The van der Waals surface area contributed by atoms with Crippen LogP contribution in [0.4, 0.5) is 0 Å². The van der Waals surface area contributed by atoms with Crippen LogP contribution in [-0.2, 0) is 11.3 Å². The van der Waals surface area contributed by atoms with E-state index < -0.39 is 0 Å². The summed E-state index contributed by atoms with van der Waals surface area (Å²) < 4.78 is 7.15. The Labute approximate surface area is 97.4 Å². The summed E-state index contributed by atoms with van der Waals surface area (Å²) in [6.07, 6.45) is 3.42. The Kier molecular flexibility index (Phi) is 4.98. The number of ether oxygens (including phenoxy) is 1. The van der Waals surface area contributed by atoms with Crippen molar-refractivity contribution in [3.8, 4) is 0 Å². The molecular formula is C10H15BrN2O2. The molecule has 0 fully saturated rings. The highest BCUT2D eigenvalue weighted by Crippen LogP contribution is 2.03. The van der Waals surface area contributed by atoms with E-state index in [0.717, 1.165) is 25.3 Å². The van der Waals surface area contributed by atoms with Crippen LogP contribution in [0, 0.1) is 6.92 Å². The quantitative estimate of drug-likeness (QED) is 0.769. The summed E-state index contributed by atoms with van der Waals surface area (Å²) in [5, 5.41) is 0. The molecule has 1 rings (SSSR count). The zero-order valence-electron chi connectivity index (χ0n) is 8.99. The summed E-state index contributed by atoms with van der Waals surface area (Å²) in [6.45, 7) is 3.26. The Morgan fingerprint density at radius 3 is 2.93 bits per heavy atom. The Bertz CT molecular complexity index is 376. The molecule has 0 aliphatic rings. The predicted molar refractivity (Wildman–Crippen MR) is 62.0 cm³/mol. The third kappa shape index (κ3) is 3.43. The molecule has 0 bridgehead atoms. The maximum Gasteiger partial charge on any atom is 0.267 e. The van der Waals surface area contributed by atoms with Crippen molar-refractivity contribution in [3.05, 3.63) is 26.8 Å². The van der Waals surface area contributed by atoms with Crippen molar-refractivity contribution in [3.63, 3.8) is 0 Å². The molecule has 0 spiro atoms. The second-order valence-electron chi connectivity index (χ2n) is 3.31. The SMILES string of the molecule is COCCCCn1c(C)ncc(Br)c1=O. The first-order chi connectivity index (χ1) is 7.16. The number of rotatable bonds is 5. The first kappa shape index (κ1) is 12.4. The second kappa shape index (κ2) is 6.02. The smallest absolute Gasteiger partial charge is 0.267 e. The number of methoxy groups -OCH3 is 1. The molecule has 0 unspecified atom stereocenters. The van der Waals surface area contributed by atoms with Crippen LogP contribution in [0.1, 0.15) is 18.7 Å². The van der Waals surface area contributed by atoms with E-state index in [4.69, 9.17) is 4.74 Å². The molecular weight excluding hydrogens is 260 g/mol. The van der Waals surface area contributed by atoms with E-state index in [2.05, 4.69) is 20.9 Å². The number of halogens is 1. The van der Waals surface area contributed by atoms with Gasteiger partial charge in [0.2, 0.25) is 0 Å². The van der Waals surface area contributed by atoms with Crippen LogP contribution in [0.15, 0.2) is 15.5 Å². The fraction of sp³-hybridized carbons (Fsp3) is 0.600. The minimum atomic E-state index is -0.0140. The highest BCUT2D eigenvalue weighted by Gasteiger charge is 2.04. The molecule has 0 aromatic carbocycles. The summed E-state index contributed by atoms with van der Waals surface area (Å²) in [4.78, 5) is 15.8. The molecule has 1 heterocycles. The second-order valence-corrected chi connectivity index (χ2v) is 4.16. The summed E-state index contributed by atoms with van der Waals surface area (Å²) >= 11 is 3.18. The van der Waals surface area contributed by atoms with Gasteiger partial charge in [0.15, 0.2) is 0 Å². The molecule has 4 nitrogen and oxygen atoms in total. The van der Waals surface area contributed by atoms with Crippen molar-refractivity contribution in [2.75, 3.05) is 13.7 Å². The maximum atomic E-state index is 11.7. The summed E-state index contributed by atoms with van der Waals surface area (Å²) in [5.74, 6) is 0.751. The van der Waals surface area contributed by atoms with Crippen LogP contribution in [0.5, 0.6) is 0 Å². The molecule has 84 valence electrons. The van der Waals surface area contributed by atoms with Crippen molar-refractivity contribution in [2.45, 2.75) is 26.3 Å². The molecule has 1 aromatic rings. The van der Waals surface area contributed by atoms with Crippen LogP contribution in [0.25, 0.3) is 0 Å². The zero-order valence-corrected chi connectivity index (χ0v) is 10.6. The van der Waals surface area contributed by atoms with Gasteiger partial charge >= 0.3 is 0 Å². The minimum absolute atomic E-state index is 0.0140. The van der Waals surface area contributed by atoms with Crippen LogP contribution in [0.3, 0.4) is 0 Å². The number of hydrogen-bond donors (Lipinski definition) is 0. The van der Waals surface area contributed by atoms with Crippen molar-refractivity contribution in [2.24, 2.45) is 0 Å². The largest absolute Gasteiger partial charge is 0.385 e. The van der Waals surface area contributed by atoms with Gasteiger partial charge in [-0.05, 0) is 35.7 Å². The van der Waals surface area contributed by atoms with E-state index in [1.807, 2.05) is 6.92 Å². The lowest BCUT2D eigenvalue weighted by molar-refractivity contribution is 0.191. The van der Waals surface area contributed by atoms with E-state index in [1.54, 1.807) is 17.9 Å². The first-order valence-corrected chi connectivity index (χ1v) is 5.67. The van der Waals surface area contributed by atoms with Gasteiger partial charge in [-0.2, -0.15) is 0 Å². The normalized spacial score (nSPS) is 10.6. The van der Waals surface area contributed by atoms with Gasteiger partial charge in [0.25, 0.3) is 5.56 Å². The number of unbranched alkanes of at least 4 members (excludes halogenated alkanes) is 1. The Morgan fingerprint density at radius 1 is 1.53 bits per heavy atom. The number of hydrogen-bond acceptors (Lipinski definition) is 3. The molecule has 0 amide bonds. The fourth-order valence-electron chi connectivity index (χ4n) is 1.33. The highest BCUT2D eigenvalue weighted by molar-refractivity contribution is 9.10. The lowest BCUT2D eigenvalue weighted by atomic mass is 10.3. The van der Waals surface area contributed by atoms with Gasteiger partial charge < -0.3 is 4.74 Å². The third-order valence-corrected chi connectivity index (χ3v) is 2.73. The van der Waals surface area contributed by atoms with Crippen LogP contribution in [0.2, 0.25) is 0 Å². The van der Waals surface area contributed by atoms with Gasteiger partial charge in [-0.25, -0.2) is 4.98 Å². The van der Waals surface area contributed by atoms with Crippen LogP contribution in [-0.4, -0.2) is 23.3 Å². The highest BCUT2D eigenvalue weighted by atomic mass is 79.9. The Morgan fingerprint density at radius 2 is 2.27 bits per heavy atom. The Balaban J connectivity index is 2.68. The average Bonchev–Trinajstić information content (AvgIpc) is 2.23. The molecule has 0 radical (unpaired) electrons. The van der Waals surface area contributed by atoms with Crippen LogP contribution >= 0.6 is 15.9 Å². The van der Waals surface area contributed by atoms with Crippen LogP contribution < -0.4 is 5.56 Å². The van der Waals surface area contributed by atoms with Gasteiger partial charge in [-0.15, -0.1) is 0 Å². The monoisotopic (exact) mass is 274 g/mol. The average molecular weight is 275 g/mol. The lowest BCUT2D eigenvalue weighted by Gasteiger charge is -2.08. The third-order valence-electron chi connectivity index (χ3n) is 2.19. The maximum absolute atomic E-state index is 11.7. The molecule has 0 N–H and O–H groups in total. The summed E-state index contributed by atoms with van der Waals surface area (Å²) in [6, 6.07) is 0. The van der Waals surface area contributed by atoms with Crippen molar-refractivity contribution in [1.29, 1.82) is 0 Å². The van der Waals surface area contributed by atoms with E-state index in [-0.39, 0.29) is 5.56 Å². The molecule has 0 saturated heterocycles. The molecule has 0 aliphatic heterocycles. The van der Waals surface area contributed by atoms with Gasteiger partial charge in [0, 0.05) is 26.5 Å². The topological polar surface area (TPSA) is 44.1 Å². The van der Waals surface area contributed by atoms with E-state index in [1.165, 1.54) is 0 Å². The minimum Gasteiger partial charge on any atom is -0.385 e. The number of aryl methyl sites for hydroxylation is 1. The summed E-state index contributed by atoms with van der Waals surface area (Å²) in [7, 11) is 1.68. The van der Waals surface area contributed by atoms with E-state index in [0.29, 0.717) is 11.0 Å².